The molecule has 6 nitrogen and oxygen atoms in total. The Hall–Kier alpha value is -3.02. The van der Waals surface area contributed by atoms with Gasteiger partial charge in [0.2, 0.25) is 0 Å². The Morgan fingerprint density at radius 1 is 1.09 bits per heavy atom. The van der Waals surface area contributed by atoms with Gasteiger partial charge in [0.05, 0.1) is 11.7 Å². The highest BCUT2D eigenvalue weighted by Crippen LogP contribution is 2.20. The summed E-state index contributed by atoms with van der Waals surface area (Å²) in [6.07, 6.45) is 1.51. The highest BCUT2D eigenvalue weighted by atomic mass is 16.2. The molecule has 1 aromatic heterocycles. The van der Waals surface area contributed by atoms with Crippen molar-refractivity contribution in [2.75, 3.05) is 7.05 Å². The van der Waals surface area contributed by atoms with Crippen LogP contribution in [0.3, 0.4) is 0 Å². The Labute approximate surface area is 134 Å². The van der Waals surface area contributed by atoms with Crippen LogP contribution in [0.1, 0.15) is 28.9 Å². The van der Waals surface area contributed by atoms with Crippen molar-refractivity contribution in [2.24, 2.45) is 0 Å². The number of carbonyl (C=O) groups excluding carboxylic acids is 1. The first-order valence-electron chi connectivity index (χ1n) is 7.32. The molecule has 6 heteroatoms. The van der Waals surface area contributed by atoms with Crippen LogP contribution in [-0.4, -0.2) is 38.1 Å². The van der Waals surface area contributed by atoms with Gasteiger partial charge in [-0.15, -0.1) is 5.10 Å². The van der Waals surface area contributed by atoms with E-state index in [4.69, 9.17) is 0 Å². The number of aromatic nitrogens is 4. The van der Waals surface area contributed by atoms with Crippen molar-refractivity contribution in [3.63, 3.8) is 0 Å². The van der Waals surface area contributed by atoms with E-state index in [1.54, 1.807) is 21.7 Å². The highest BCUT2D eigenvalue weighted by Gasteiger charge is 2.18. The fourth-order valence-corrected chi connectivity index (χ4v) is 2.37. The van der Waals surface area contributed by atoms with Crippen LogP contribution in [0.15, 0.2) is 60.9 Å². The molecule has 0 bridgehead atoms. The Balaban J connectivity index is 1.77. The van der Waals surface area contributed by atoms with Crippen LogP contribution in [0.5, 0.6) is 0 Å². The lowest BCUT2D eigenvalue weighted by Crippen LogP contribution is -2.29. The summed E-state index contributed by atoms with van der Waals surface area (Å²) < 4.78 is 1.55. The molecule has 0 fully saturated rings. The van der Waals surface area contributed by atoms with Gasteiger partial charge in [0.15, 0.2) is 0 Å². The molecule has 2 aromatic carbocycles. The first kappa shape index (κ1) is 14.9. The molecular formula is C17H17N5O. The molecule has 0 saturated heterocycles. The number of hydrogen-bond donors (Lipinski definition) is 0. The summed E-state index contributed by atoms with van der Waals surface area (Å²) in [7, 11) is 1.81. The number of nitrogens with zero attached hydrogens (tertiary/aromatic N) is 5. The third-order valence-corrected chi connectivity index (χ3v) is 3.91. The highest BCUT2D eigenvalue weighted by molar-refractivity contribution is 5.94. The van der Waals surface area contributed by atoms with E-state index in [0.717, 1.165) is 11.3 Å². The summed E-state index contributed by atoms with van der Waals surface area (Å²) in [4.78, 5) is 14.4. The Morgan fingerprint density at radius 3 is 2.39 bits per heavy atom. The average Bonchev–Trinajstić information content (AvgIpc) is 3.15. The molecule has 0 radical (unpaired) electrons. The van der Waals surface area contributed by atoms with Crippen LogP contribution in [0.2, 0.25) is 0 Å². The molecule has 0 saturated carbocycles. The van der Waals surface area contributed by atoms with Crippen molar-refractivity contribution < 1.29 is 4.79 Å². The largest absolute Gasteiger partial charge is 0.335 e. The maximum Gasteiger partial charge on any atom is 0.254 e. The normalized spacial score (nSPS) is 11.9. The number of carbonyl (C=O) groups is 1. The number of rotatable bonds is 4. The maximum atomic E-state index is 12.6. The lowest BCUT2D eigenvalue weighted by molar-refractivity contribution is 0.0742. The second-order valence-electron chi connectivity index (χ2n) is 5.30. The number of amides is 1. The van der Waals surface area contributed by atoms with Crippen LogP contribution in [0.25, 0.3) is 5.69 Å². The smallest absolute Gasteiger partial charge is 0.254 e. The number of tetrazole rings is 1. The Bertz CT molecular complexity index is 769. The third kappa shape index (κ3) is 3.11. The molecule has 0 spiro atoms. The van der Waals surface area contributed by atoms with Crippen molar-refractivity contribution in [3.05, 3.63) is 72.1 Å². The van der Waals surface area contributed by atoms with E-state index < -0.39 is 0 Å². The van der Waals surface area contributed by atoms with E-state index in [2.05, 4.69) is 15.5 Å². The van der Waals surface area contributed by atoms with Gasteiger partial charge in [-0.1, -0.05) is 30.3 Å². The minimum Gasteiger partial charge on any atom is -0.335 e. The van der Waals surface area contributed by atoms with Gasteiger partial charge >= 0.3 is 0 Å². The molecule has 3 rings (SSSR count). The lowest BCUT2D eigenvalue weighted by atomic mass is 10.1. The topological polar surface area (TPSA) is 63.9 Å². The summed E-state index contributed by atoms with van der Waals surface area (Å²) in [5.74, 6) is -0.0235. The minimum absolute atomic E-state index is 0.00268. The Morgan fingerprint density at radius 2 is 1.78 bits per heavy atom. The minimum atomic E-state index is -0.0235. The summed E-state index contributed by atoms with van der Waals surface area (Å²) in [6.45, 7) is 2.02. The van der Waals surface area contributed by atoms with Crippen molar-refractivity contribution in [3.8, 4) is 5.69 Å². The number of hydrogen-bond acceptors (Lipinski definition) is 4. The summed E-state index contributed by atoms with van der Waals surface area (Å²) >= 11 is 0. The SMILES string of the molecule is CC(c1ccccc1)N(C)C(=O)c1ccc(-n2cnnn2)cc1. The molecule has 3 aromatic rings. The molecule has 0 N–H and O–H groups in total. The monoisotopic (exact) mass is 307 g/mol. The van der Waals surface area contributed by atoms with Crippen LogP contribution in [0.4, 0.5) is 0 Å². The molecule has 1 unspecified atom stereocenters. The first-order valence-corrected chi connectivity index (χ1v) is 7.32. The fourth-order valence-electron chi connectivity index (χ4n) is 2.37. The summed E-state index contributed by atoms with van der Waals surface area (Å²) in [6, 6.07) is 17.2. The van der Waals surface area contributed by atoms with Gasteiger partial charge in [0.25, 0.3) is 5.91 Å². The molecular weight excluding hydrogens is 290 g/mol. The van der Waals surface area contributed by atoms with Crippen molar-refractivity contribution >= 4 is 5.91 Å². The zero-order valence-corrected chi connectivity index (χ0v) is 13.0. The van der Waals surface area contributed by atoms with Crippen molar-refractivity contribution in [1.82, 2.24) is 25.1 Å². The molecule has 1 heterocycles. The molecule has 0 aliphatic heterocycles. The quantitative estimate of drug-likeness (QED) is 0.743. The summed E-state index contributed by atoms with van der Waals surface area (Å²) in [5, 5.41) is 11.0. The predicted molar refractivity (Wildman–Crippen MR) is 86.1 cm³/mol. The van der Waals surface area contributed by atoms with E-state index in [1.807, 2.05) is 56.4 Å². The second-order valence-corrected chi connectivity index (χ2v) is 5.30. The van der Waals surface area contributed by atoms with E-state index in [-0.39, 0.29) is 11.9 Å². The standard InChI is InChI=1S/C17H17N5O/c1-13(14-6-4-3-5-7-14)21(2)17(23)15-8-10-16(11-9-15)22-12-18-19-20-22/h3-13H,1-2H3. The molecule has 23 heavy (non-hydrogen) atoms. The van der Waals surface area contributed by atoms with Gasteiger partial charge in [-0.05, 0) is 47.2 Å². The van der Waals surface area contributed by atoms with Crippen molar-refractivity contribution in [2.45, 2.75) is 13.0 Å². The van der Waals surface area contributed by atoms with Gasteiger partial charge < -0.3 is 4.90 Å². The van der Waals surface area contributed by atoms with Crippen LogP contribution < -0.4 is 0 Å². The van der Waals surface area contributed by atoms with E-state index in [9.17, 15) is 4.79 Å². The fraction of sp³-hybridized carbons (Fsp3) is 0.176. The predicted octanol–water partition coefficient (Wildman–Crippen LogP) is 2.50. The first-order chi connectivity index (χ1) is 11.2. The molecule has 116 valence electrons. The Kier molecular flexibility index (Phi) is 4.14. The van der Waals surface area contributed by atoms with Crippen LogP contribution in [0, 0.1) is 0 Å². The maximum absolute atomic E-state index is 12.6. The third-order valence-electron chi connectivity index (χ3n) is 3.91. The van der Waals surface area contributed by atoms with Gasteiger partial charge in [-0.2, -0.15) is 0 Å². The average molecular weight is 307 g/mol. The molecule has 1 atom stereocenters. The van der Waals surface area contributed by atoms with Gasteiger partial charge in [0, 0.05) is 12.6 Å². The van der Waals surface area contributed by atoms with E-state index in [1.165, 1.54) is 6.33 Å². The van der Waals surface area contributed by atoms with E-state index in [0.29, 0.717) is 5.56 Å². The molecule has 0 aliphatic rings. The number of benzene rings is 2. The molecule has 0 aliphatic carbocycles. The zero-order chi connectivity index (χ0) is 16.2. The van der Waals surface area contributed by atoms with Gasteiger partial charge in [-0.25, -0.2) is 4.68 Å². The van der Waals surface area contributed by atoms with Gasteiger partial charge in [0.1, 0.15) is 6.33 Å². The van der Waals surface area contributed by atoms with Crippen LogP contribution >= 0.6 is 0 Å². The lowest BCUT2D eigenvalue weighted by Gasteiger charge is -2.25. The molecule has 1 amide bonds. The van der Waals surface area contributed by atoms with Crippen LogP contribution in [-0.2, 0) is 0 Å². The zero-order valence-electron chi connectivity index (χ0n) is 13.0. The van der Waals surface area contributed by atoms with E-state index >= 15 is 0 Å². The summed E-state index contributed by atoms with van der Waals surface area (Å²) in [5.41, 5.74) is 2.55. The van der Waals surface area contributed by atoms with Crippen molar-refractivity contribution in [1.29, 1.82) is 0 Å². The second kappa shape index (κ2) is 6.39. The van der Waals surface area contributed by atoms with Gasteiger partial charge in [-0.3, -0.25) is 4.79 Å².